The van der Waals surface area contributed by atoms with Crippen LogP contribution < -0.4 is 10.6 Å². The Balaban J connectivity index is 1.54. The van der Waals surface area contributed by atoms with Crippen molar-refractivity contribution in [2.75, 3.05) is 19.6 Å². The molecule has 1 unspecified atom stereocenters. The van der Waals surface area contributed by atoms with Crippen LogP contribution in [0.5, 0.6) is 0 Å². The molecule has 1 amide bonds. The van der Waals surface area contributed by atoms with Gasteiger partial charge in [-0.05, 0) is 43.9 Å². The number of carbonyl (C=O) groups excluding carboxylic acids is 1. The van der Waals surface area contributed by atoms with Gasteiger partial charge in [0.05, 0.1) is 6.54 Å². The summed E-state index contributed by atoms with van der Waals surface area (Å²) in [6.07, 6.45) is 5.55. The maximum atomic E-state index is 12.6. The first-order chi connectivity index (χ1) is 12.7. The number of amides is 1. The summed E-state index contributed by atoms with van der Waals surface area (Å²) >= 11 is 3.50. The van der Waals surface area contributed by atoms with E-state index < -0.39 is 0 Å². The number of halogens is 1. The molecule has 1 saturated heterocycles. The number of aliphatic imine (C=N–C) groups is 1. The van der Waals surface area contributed by atoms with Crippen LogP contribution in [0.15, 0.2) is 33.7 Å². The van der Waals surface area contributed by atoms with Crippen LogP contribution in [0.25, 0.3) is 0 Å². The third-order valence-electron chi connectivity index (χ3n) is 5.20. The van der Waals surface area contributed by atoms with E-state index in [1.165, 1.54) is 18.4 Å². The summed E-state index contributed by atoms with van der Waals surface area (Å²) in [6.45, 7) is 5.17. The average Bonchev–Trinajstić information content (AvgIpc) is 3.31. The molecule has 142 valence electrons. The van der Waals surface area contributed by atoms with Crippen molar-refractivity contribution in [3.05, 3.63) is 34.3 Å². The summed E-state index contributed by atoms with van der Waals surface area (Å²) in [5, 5.41) is 6.83. The SMILES string of the molecule is CCNC(=NCc1cccc(Br)c1)NC1CCN(C(=O)C2CCCC2)C1. The van der Waals surface area contributed by atoms with Gasteiger partial charge in [0.25, 0.3) is 0 Å². The van der Waals surface area contributed by atoms with Crippen molar-refractivity contribution in [3.8, 4) is 0 Å². The minimum absolute atomic E-state index is 0.271. The van der Waals surface area contributed by atoms with Gasteiger partial charge in [0, 0.05) is 36.1 Å². The Hall–Kier alpha value is -1.56. The van der Waals surface area contributed by atoms with Gasteiger partial charge in [-0.3, -0.25) is 4.79 Å². The van der Waals surface area contributed by atoms with Gasteiger partial charge in [-0.25, -0.2) is 4.99 Å². The maximum Gasteiger partial charge on any atom is 0.225 e. The highest BCUT2D eigenvalue weighted by molar-refractivity contribution is 9.10. The number of carbonyl (C=O) groups is 1. The van der Waals surface area contributed by atoms with Crippen LogP contribution in [-0.4, -0.2) is 42.4 Å². The summed E-state index contributed by atoms with van der Waals surface area (Å²) in [4.78, 5) is 19.3. The lowest BCUT2D eigenvalue weighted by atomic mass is 10.1. The lowest BCUT2D eigenvalue weighted by Gasteiger charge is -2.21. The summed E-state index contributed by atoms with van der Waals surface area (Å²) in [5.41, 5.74) is 1.17. The van der Waals surface area contributed by atoms with Crippen LogP contribution >= 0.6 is 15.9 Å². The second-order valence-corrected chi connectivity index (χ2v) is 8.14. The molecule has 0 aromatic heterocycles. The van der Waals surface area contributed by atoms with Gasteiger partial charge in [0.15, 0.2) is 5.96 Å². The standard InChI is InChI=1S/C20H29BrN4O/c1-2-22-20(23-13-15-6-5-9-17(21)12-15)24-18-10-11-25(14-18)19(26)16-7-3-4-8-16/h5-6,9,12,16,18H,2-4,7-8,10-11,13-14H2,1H3,(H2,22,23,24). The quantitative estimate of drug-likeness (QED) is 0.567. The number of guanidine groups is 1. The molecule has 1 heterocycles. The minimum Gasteiger partial charge on any atom is -0.357 e. The topological polar surface area (TPSA) is 56.7 Å². The number of benzene rings is 1. The molecule has 1 aliphatic heterocycles. The molecule has 1 aromatic rings. The van der Waals surface area contributed by atoms with E-state index in [9.17, 15) is 4.79 Å². The summed E-state index contributed by atoms with van der Waals surface area (Å²) in [6, 6.07) is 8.49. The first-order valence-electron chi connectivity index (χ1n) is 9.73. The third kappa shape index (κ3) is 5.22. The molecule has 0 spiro atoms. The van der Waals surface area contributed by atoms with E-state index in [-0.39, 0.29) is 12.0 Å². The van der Waals surface area contributed by atoms with Gasteiger partial charge in [-0.2, -0.15) is 0 Å². The van der Waals surface area contributed by atoms with Crippen molar-refractivity contribution >= 4 is 27.8 Å². The van der Waals surface area contributed by atoms with E-state index in [2.05, 4.69) is 45.6 Å². The molecule has 1 atom stereocenters. The zero-order chi connectivity index (χ0) is 18.4. The zero-order valence-electron chi connectivity index (χ0n) is 15.5. The zero-order valence-corrected chi connectivity index (χ0v) is 17.1. The smallest absolute Gasteiger partial charge is 0.225 e. The van der Waals surface area contributed by atoms with E-state index in [0.717, 1.165) is 49.3 Å². The van der Waals surface area contributed by atoms with Crippen LogP contribution in [0.1, 0.15) is 44.6 Å². The van der Waals surface area contributed by atoms with Crippen molar-refractivity contribution < 1.29 is 4.79 Å². The maximum absolute atomic E-state index is 12.6. The number of hydrogen-bond acceptors (Lipinski definition) is 2. The molecule has 2 N–H and O–H groups in total. The number of likely N-dealkylation sites (tertiary alicyclic amines) is 1. The lowest BCUT2D eigenvalue weighted by Crippen LogP contribution is -2.45. The first kappa shape index (κ1) is 19.2. The van der Waals surface area contributed by atoms with Crippen LogP contribution in [0.3, 0.4) is 0 Å². The molecule has 1 aromatic carbocycles. The van der Waals surface area contributed by atoms with Crippen molar-refractivity contribution in [3.63, 3.8) is 0 Å². The van der Waals surface area contributed by atoms with Gasteiger partial charge in [0.2, 0.25) is 5.91 Å². The Labute approximate surface area is 164 Å². The van der Waals surface area contributed by atoms with Gasteiger partial charge < -0.3 is 15.5 Å². The summed E-state index contributed by atoms with van der Waals surface area (Å²) < 4.78 is 1.07. The minimum atomic E-state index is 0.271. The largest absolute Gasteiger partial charge is 0.357 e. The molecule has 0 bridgehead atoms. The van der Waals surface area contributed by atoms with E-state index in [1.54, 1.807) is 0 Å². The van der Waals surface area contributed by atoms with Gasteiger partial charge >= 0.3 is 0 Å². The highest BCUT2D eigenvalue weighted by Crippen LogP contribution is 2.27. The molecule has 1 saturated carbocycles. The molecular formula is C20H29BrN4O. The Bertz CT molecular complexity index is 642. The Morgan fingerprint density at radius 3 is 2.85 bits per heavy atom. The van der Waals surface area contributed by atoms with Crippen molar-refractivity contribution in [2.24, 2.45) is 10.9 Å². The average molecular weight is 421 g/mol. The van der Waals surface area contributed by atoms with Crippen molar-refractivity contribution in [1.29, 1.82) is 0 Å². The molecule has 5 nitrogen and oxygen atoms in total. The molecule has 3 rings (SSSR count). The number of hydrogen-bond donors (Lipinski definition) is 2. The molecular weight excluding hydrogens is 392 g/mol. The summed E-state index contributed by atoms with van der Waals surface area (Å²) in [7, 11) is 0. The molecule has 1 aliphatic carbocycles. The first-order valence-corrected chi connectivity index (χ1v) is 10.5. The normalized spacial score (nSPS) is 21.2. The van der Waals surface area contributed by atoms with E-state index in [0.29, 0.717) is 12.5 Å². The second kappa shape index (κ2) is 9.40. The second-order valence-electron chi connectivity index (χ2n) is 7.22. The molecule has 26 heavy (non-hydrogen) atoms. The van der Waals surface area contributed by atoms with E-state index >= 15 is 0 Å². The predicted octanol–water partition coefficient (Wildman–Crippen LogP) is 3.30. The summed E-state index contributed by atoms with van der Waals surface area (Å²) in [5.74, 6) is 1.46. The highest BCUT2D eigenvalue weighted by Gasteiger charge is 2.32. The fourth-order valence-corrected chi connectivity index (χ4v) is 4.27. The lowest BCUT2D eigenvalue weighted by molar-refractivity contribution is -0.134. The van der Waals surface area contributed by atoms with Crippen LogP contribution in [0.2, 0.25) is 0 Å². The molecule has 2 aliphatic rings. The molecule has 6 heteroatoms. The van der Waals surface area contributed by atoms with Crippen LogP contribution in [0.4, 0.5) is 0 Å². The Morgan fingerprint density at radius 2 is 2.12 bits per heavy atom. The number of nitrogens with zero attached hydrogens (tertiary/aromatic N) is 2. The van der Waals surface area contributed by atoms with E-state index in [1.807, 2.05) is 17.0 Å². The molecule has 0 radical (unpaired) electrons. The van der Waals surface area contributed by atoms with Crippen LogP contribution in [-0.2, 0) is 11.3 Å². The predicted molar refractivity (Wildman–Crippen MR) is 109 cm³/mol. The monoisotopic (exact) mass is 420 g/mol. The Morgan fingerprint density at radius 1 is 1.31 bits per heavy atom. The van der Waals surface area contributed by atoms with Gasteiger partial charge in [-0.1, -0.05) is 40.9 Å². The van der Waals surface area contributed by atoms with E-state index in [4.69, 9.17) is 4.99 Å². The van der Waals surface area contributed by atoms with Crippen molar-refractivity contribution in [2.45, 2.75) is 51.6 Å². The fourth-order valence-electron chi connectivity index (χ4n) is 3.83. The Kier molecular flexibility index (Phi) is 6.94. The fraction of sp³-hybridized carbons (Fsp3) is 0.600. The highest BCUT2D eigenvalue weighted by atomic mass is 79.9. The molecule has 2 fully saturated rings. The van der Waals surface area contributed by atoms with Crippen LogP contribution in [0, 0.1) is 5.92 Å². The van der Waals surface area contributed by atoms with Crippen molar-refractivity contribution in [1.82, 2.24) is 15.5 Å². The number of nitrogens with one attached hydrogen (secondary N) is 2. The third-order valence-corrected chi connectivity index (χ3v) is 5.69. The van der Waals surface area contributed by atoms with Gasteiger partial charge in [0.1, 0.15) is 0 Å². The van der Waals surface area contributed by atoms with Gasteiger partial charge in [-0.15, -0.1) is 0 Å². The number of rotatable bonds is 5.